The standard InChI is InChI=1S/C13H10N2O4S2/c1-21(17,18)8-4-5-11-9(7-8)14-13(20-11)15-12(16)10-3-2-6-19-10/h2-7H,1H3,(H,14,15,16). The van der Waals surface area contributed by atoms with Gasteiger partial charge in [0.15, 0.2) is 20.7 Å². The lowest BCUT2D eigenvalue weighted by Gasteiger charge is -1.96. The molecule has 0 spiro atoms. The summed E-state index contributed by atoms with van der Waals surface area (Å²) in [6.45, 7) is 0. The second kappa shape index (κ2) is 4.97. The van der Waals surface area contributed by atoms with E-state index in [2.05, 4.69) is 10.3 Å². The molecule has 0 saturated heterocycles. The van der Waals surface area contributed by atoms with Gasteiger partial charge in [0.2, 0.25) is 0 Å². The average Bonchev–Trinajstić information content (AvgIpc) is 3.05. The number of amides is 1. The lowest BCUT2D eigenvalue weighted by molar-refractivity contribution is 0.0996. The van der Waals surface area contributed by atoms with Crippen molar-refractivity contribution in [2.24, 2.45) is 0 Å². The zero-order valence-corrected chi connectivity index (χ0v) is 12.5. The number of furan rings is 1. The summed E-state index contributed by atoms with van der Waals surface area (Å²) in [7, 11) is -3.28. The van der Waals surface area contributed by atoms with Crippen molar-refractivity contribution in [2.45, 2.75) is 4.90 Å². The second-order valence-electron chi connectivity index (χ2n) is 4.35. The second-order valence-corrected chi connectivity index (χ2v) is 7.40. The Bertz CT molecular complexity index is 911. The first-order valence-electron chi connectivity index (χ1n) is 5.89. The van der Waals surface area contributed by atoms with Crippen LogP contribution in [-0.4, -0.2) is 25.6 Å². The van der Waals surface area contributed by atoms with Crippen LogP contribution in [0.4, 0.5) is 5.13 Å². The molecule has 3 rings (SSSR count). The van der Waals surface area contributed by atoms with Crippen LogP contribution in [0.15, 0.2) is 45.9 Å². The van der Waals surface area contributed by atoms with E-state index in [4.69, 9.17) is 4.42 Å². The lowest BCUT2D eigenvalue weighted by Crippen LogP contribution is -2.10. The minimum atomic E-state index is -3.28. The molecule has 0 bridgehead atoms. The number of aromatic nitrogens is 1. The van der Waals surface area contributed by atoms with Crippen LogP contribution in [0.5, 0.6) is 0 Å². The minimum absolute atomic E-state index is 0.186. The quantitative estimate of drug-likeness (QED) is 0.800. The van der Waals surface area contributed by atoms with Crippen LogP contribution >= 0.6 is 11.3 Å². The van der Waals surface area contributed by atoms with Crippen LogP contribution in [0.3, 0.4) is 0 Å². The number of hydrogen-bond acceptors (Lipinski definition) is 6. The molecule has 1 aromatic carbocycles. The van der Waals surface area contributed by atoms with Crippen LogP contribution in [-0.2, 0) is 9.84 Å². The fraction of sp³-hybridized carbons (Fsp3) is 0.0769. The Morgan fingerprint density at radius 1 is 1.33 bits per heavy atom. The van der Waals surface area contributed by atoms with Crippen molar-refractivity contribution in [1.29, 1.82) is 0 Å². The van der Waals surface area contributed by atoms with Crippen molar-refractivity contribution in [3.05, 3.63) is 42.4 Å². The van der Waals surface area contributed by atoms with Gasteiger partial charge in [0, 0.05) is 6.26 Å². The van der Waals surface area contributed by atoms with Crippen molar-refractivity contribution in [2.75, 3.05) is 11.6 Å². The summed E-state index contributed by atoms with van der Waals surface area (Å²) in [4.78, 5) is 16.3. The van der Waals surface area contributed by atoms with E-state index in [9.17, 15) is 13.2 Å². The number of sulfone groups is 1. The van der Waals surface area contributed by atoms with E-state index in [1.165, 1.54) is 29.7 Å². The van der Waals surface area contributed by atoms with Gasteiger partial charge in [-0.25, -0.2) is 13.4 Å². The maximum Gasteiger partial charge on any atom is 0.293 e. The average molecular weight is 322 g/mol. The van der Waals surface area contributed by atoms with Gasteiger partial charge in [-0.1, -0.05) is 11.3 Å². The molecule has 21 heavy (non-hydrogen) atoms. The number of carbonyl (C=O) groups excluding carboxylic acids is 1. The number of thiazole rings is 1. The fourth-order valence-corrected chi connectivity index (χ4v) is 3.24. The minimum Gasteiger partial charge on any atom is -0.459 e. The smallest absolute Gasteiger partial charge is 0.293 e. The van der Waals surface area contributed by atoms with Crippen molar-refractivity contribution >= 4 is 42.4 Å². The lowest BCUT2D eigenvalue weighted by atomic mass is 10.3. The first-order chi connectivity index (χ1) is 9.93. The first-order valence-corrected chi connectivity index (χ1v) is 8.60. The van der Waals surface area contributed by atoms with Gasteiger partial charge in [-0.3, -0.25) is 10.1 Å². The van der Waals surface area contributed by atoms with Gasteiger partial charge in [-0.05, 0) is 30.3 Å². The molecule has 0 atom stereocenters. The number of anilines is 1. The molecule has 1 amide bonds. The van der Waals surface area contributed by atoms with Gasteiger partial charge in [-0.15, -0.1) is 0 Å². The molecule has 108 valence electrons. The number of nitrogens with one attached hydrogen (secondary N) is 1. The molecule has 2 aromatic heterocycles. The Morgan fingerprint density at radius 3 is 2.81 bits per heavy atom. The third kappa shape index (κ3) is 2.81. The van der Waals surface area contributed by atoms with Crippen LogP contribution in [0, 0.1) is 0 Å². The Morgan fingerprint density at radius 2 is 2.14 bits per heavy atom. The third-order valence-corrected chi connectivity index (χ3v) is 4.81. The molecule has 2 heterocycles. The largest absolute Gasteiger partial charge is 0.459 e. The van der Waals surface area contributed by atoms with Gasteiger partial charge >= 0.3 is 0 Å². The van der Waals surface area contributed by atoms with Crippen LogP contribution in [0.1, 0.15) is 10.6 Å². The summed E-state index contributed by atoms with van der Waals surface area (Å²) in [6.07, 6.45) is 2.55. The molecule has 8 heteroatoms. The Balaban J connectivity index is 1.93. The number of benzene rings is 1. The highest BCUT2D eigenvalue weighted by molar-refractivity contribution is 7.90. The van der Waals surface area contributed by atoms with Gasteiger partial charge in [0.25, 0.3) is 5.91 Å². The summed E-state index contributed by atoms with van der Waals surface area (Å²) in [5.74, 6) is -0.214. The highest BCUT2D eigenvalue weighted by Crippen LogP contribution is 2.28. The van der Waals surface area contributed by atoms with E-state index in [-0.39, 0.29) is 10.7 Å². The van der Waals surface area contributed by atoms with E-state index in [1.807, 2.05) is 0 Å². The van der Waals surface area contributed by atoms with Crippen molar-refractivity contribution in [3.63, 3.8) is 0 Å². The molecule has 0 unspecified atom stereocenters. The van der Waals surface area contributed by atoms with E-state index in [1.54, 1.807) is 18.2 Å². The van der Waals surface area contributed by atoms with Gasteiger partial charge < -0.3 is 4.42 Å². The van der Waals surface area contributed by atoms with Crippen molar-refractivity contribution in [1.82, 2.24) is 4.98 Å². The van der Waals surface area contributed by atoms with Crippen LogP contribution in [0.25, 0.3) is 10.2 Å². The summed E-state index contributed by atoms with van der Waals surface area (Å²) in [6, 6.07) is 7.85. The predicted octanol–water partition coefficient (Wildman–Crippen LogP) is 2.55. The number of carbonyl (C=O) groups is 1. The molecule has 0 radical (unpaired) electrons. The molecule has 3 aromatic rings. The topological polar surface area (TPSA) is 89.3 Å². The molecule has 0 aliphatic rings. The predicted molar refractivity (Wildman–Crippen MR) is 79.4 cm³/mol. The highest BCUT2D eigenvalue weighted by atomic mass is 32.2. The molecular formula is C13H10N2O4S2. The molecule has 6 nitrogen and oxygen atoms in total. The summed E-state index contributed by atoms with van der Waals surface area (Å²) >= 11 is 1.26. The maximum atomic E-state index is 11.8. The van der Waals surface area contributed by atoms with Crippen LogP contribution in [0.2, 0.25) is 0 Å². The Hall–Kier alpha value is -2.19. The molecule has 0 aliphatic heterocycles. The molecule has 1 N–H and O–H groups in total. The zero-order chi connectivity index (χ0) is 15.0. The molecule has 0 aliphatic carbocycles. The van der Waals surface area contributed by atoms with E-state index in [0.29, 0.717) is 10.6 Å². The zero-order valence-electron chi connectivity index (χ0n) is 10.9. The summed E-state index contributed by atoms with van der Waals surface area (Å²) in [5, 5.41) is 3.00. The number of hydrogen-bond donors (Lipinski definition) is 1. The first kappa shape index (κ1) is 13.8. The summed E-state index contributed by atoms with van der Waals surface area (Å²) < 4.78 is 28.8. The van der Waals surface area contributed by atoms with Gasteiger partial charge in [0.05, 0.1) is 21.4 Å². The van der Waals surface area contributed by atoms with Crippen LogP contribution < -0.4 is 5.32 Å². The fourth-order valence-electron chi connectivity index (χ4n) is 1.76. The number of fused-ring (bicyclic) bond motifs is 1. The highest BCUT2D eigenvalue weighted by Gasteiger charge is 2.14. The van der Waals surface area contributed by atoms with Crippen molar-refractivity contribution in [3.8, 4) is 0 Å². The van der Waals surface area contributed by atoms with E-state index >= 15 is 0 Å². The van der Waals surface area contributed by atoms with Gasteiger partial charge in [-0.2, -0.15) is 0 Å². The van der Waals surface area contributed by atoms with Crippen molar-refractivity contribution < 1.29 is 17.6 Å². The van der Waals surface area contributed by atoms with E-state index in [0.717, 1.165) is 11.0 Å². The maximum absolute atomic E-state index is 11.8. The normalized spacial score (nSPS) is 11.7. The van der Waals surface area contributed by atoms with E-state index < -0.39 is 15.7 Å². The third-order valence-electron chi connectivity index (χ3n) is 2.75. The molecular weight excluding hydrogens is 312 g/mol. The molecule has 0 saturated carbocycles. The van der Waals surface area contributed by atoms with Gasteiger partial charge in [0.1, 0.15) is 0 Å². The monoisotopic (exact) mass is 322 g/mol. The number of rotatable bonds is 3. The summed E-state index contributed by atoms with van der Waals surface area (Å²) in [5.41, 5.74) is 0.526. The SMILES string of the molecule is CS(=O)(=O)c1ccc2sc(NC(=O)c3ccco3)nc2c1. The Kier molecular flexibility index (Phi) is 3.26. The Labute approximate surface area is 124 Å². The number of nitrogens with zero attached hydrogens (tertiary/aromatic N) is 1. The molecule has 0 fully saturated rings.